The third-order valence-electron chi connectivity index (χ3n) is 3.07. The molecule has 0 fully saturated rings. The number of fused-ring (bicyclic) bond motifs is 1. The summed E-state index contributed by atoms with van der Waals surface area (Å²) >= 11 is 0. The zero-order chi connectivity index (χ0) is 12.6. The highest BCUT2D eigenvalue weighted by atomic mass is 16.4. The standard InChI is InChI=1S/C12H14N2O3/c1-6-7(2)13-9-4-3-8(12(16)17)5-10(9)14-11(6)15/h3-7,13H,1-2H3,(H,14,15)(H,16,17)/t6-,7+/m1/s1. The fourth-order valence-electron chi connectivity index (χ4n) is 1.75. The Morgan fingerprint density at radius 2 is 2.00 bits per heavy atom. The summed E-state index contributed by atoms with van der Waals surface area (Å²) in [6.45, 7) is 3.75. The van der Waals surface area contributed by atoms with E-state index in [0.29, 0.717) is 5.69 Å². The molecule has 0 aliphatic carbocycles. The van der Waals surface area contributed by atoms with Gasteiger partial charge in [-0.05, 0) is 25.1 Å². The maximum atomic E-state index is 11.8. The molecule has 0 unspecified atom stereocenters. The first-order valence-corrected chi connectivity index (χ1v) is 5.44. The molecule has 3 N–H and O–H groups in total. The molecule has 0 aromatic heterocycles. The molecule has 0 bridgehead atoms. The zero-order valence-electron chi connectivity index (χ0n) is 9.65. The SMILES string of the molecule is C[C@@H]1Nc2ccc(C(=O)O)cc2NC(=O)[C@@H]1C. The summed E-state index contributed by atoms with van der Waals surface area (Å²) in [4.78, 5) is 22.6. The number of nitrogens with one attached hydrogen (secondary N) is 2. The highest BCUT2D eigenvalue weighted by Gasteiger charge is 2.25. The molecule has 0 saturated heterocycles. The van der Waals surface area contributed by atoms with Gasteiger partial charge in [0.25, 0.3) is 0 Å². The lowest BCUT2D eigenvalue weighted by Gasteiger charge is -2.16. The van der Waals surface area contributed by atoms with Crippen molar-refractivity contribution in [1.82, 2.24) is 0 Å². The van der Waals surface area contributed by atoms with Gasteiger partial charge in [0.1, 0.15) is 0 Å². The second kappa shape index (κ2) is 4.08. The molecule has 0 saturated carbocycles. The van der Waals surface area contributed by atoms with Crippen molar-refractivity contribution in [3.05, 3.63) is 23.8 Å². The molecule has 0 spiro atoms. The summed E-state index contributed by atoms with van der Waals surface area (Å²) in [7, 11) is 0. The van der Waals surface area contributed by atoms with Crippen molar-refractivity contribution in [2.45, 2.75) is 19.9 Å². The fraction of sp³-hybridized carbons (Fsp3) is 0.333. The average Bonchev–Trinajstić information content (AvgIpc) is 2.38. The van der Waals surface area contributed by atoms with Gasteiger partial charge < -0.3 is 15.7 Å². The minimum Gasteiger partial charge on any atom is -0.478 e. The quantitative estimate of drug-likeness (QED) is 0.692. The smallest absolute Gasteiger partial charge is 0.335 e. The Kier molecular flexibility index (Phi) is 2.75. The highest BCUT2D eigenvalue weighted by Crippen LogP contribution is 2.28. The Labute approximate surface area is 98.8 Å². The molecular formula is C12H14N2O3. The number of carboxylic acid groups (broad SMARTS) is 1. The number of benzene rings is 1. The first kappa shape index (κ1) is 11.4. The molecule has 17 heavy (non-hydrogen) atoms. The number of hydrogen-bond donors (Lipinski definition) is 3. The number of rotatable bonds is 1. The van der Waals surface area contributed by atoms with Gasteiger partial charge in [-0.1, -0.05) is 6.92 Å². The van der Waals surface area contributed by atoms with E-state index in [1.54, 1.807) is 6.07 Å². The Bertz CT molecular complexity index is 485. The van der Waals surface area contributed by atoms with Crippen LogP contribution in [0.3, 0.4) is 0 Å². The second-order valence-corrected chi connectivity index (χ2v) is 4.28. The lowest BCUT2D eigenvalue weighted by molar-refractivity contribution is -0.119. The molecule has 1 aromatic rings. The van der Waals surface area contributed by atoms with E-state index in [-0.39, 0.29) is 23.4 Å². The number of carboxylic acids is 1. The predicted octanol–water partition coefficient (Wildman–Crippen LogP) is 1.77. The van der Waals surface area contributed by atoms with Gasteiger partial charge >= 0.3 is 5.97 Å². The van der Waals surface area contributed by atoms with E-state index in [2.05, 4.69) is 10.6 Å². The van der Waals surface area contributed by atoms with Gasteiger partial charge in [0.15, 0.2) is 0 Å². The first-order chi connectivity index (χ1) is 7.99. The summed E-state index contributed by atoms with van der Waals surface area (Å²) in [5.41, 5.74) is 1.43. The van der Waals surface area contributed by atoms with Crippen LogP contribution < -0.4 is 10.6 Å². The number of carbonyl (C=O) groups is 2. The van der Waals surface area contributed by atoms with Crippen LogP contribution in [0.25, 0.3) is 0 Å². The van der Waals surface area contributed by atoms with E-state index in [9.17, 15) is 9.59 Å². The Morgan fingerprint density at radius 3 is 2.65 bits per heavy atom. The van der Waals surface area contributed by atoms with Gasteiger partial charge in [0.05, 0.1) is 22.9 Å². The number of carbonyl (C=O) groups excluding carboxylic acids is 1. The molecule has 1 aliphatic rings. The molecule has 0 radical (unpaired) electrons. The van der Waals surface area contributed by atoms with E-state index in [0.717, 1.165) is 5.69 Å². The summed E-state index contributed by atoms with van der Waals surface area (Å²) in [5, 5.41) is 14.8. The summed E-state index contributed by atoms with van der Waals surface area (Å²) in [6.07, 6.45) is 0. The summed E-state index contributed by atoms with van der Waals surface area (Å²) < 4.78 is 0. The van der Waals surface area contributed by atoms with Crippen molar-refractivity contribution >= 4 is 23.3 Å². The van der Waals surface area contributed by atoms with E-state index < -0.39 is 5.97 Å². The summed E-state index contributed by atoms with van der Waals surface area (Å²) in [6, 6.07) is 4.66. The molecule has 2 rings (SSSR count). The molecule has 90 valence electrons. The molecule has 1 amide bonds. The van der Waals surface area contributed by atoms with Crippen LogP contribution in [0.2, 0.25) is 0 Å². The van der Waals surface area contributed by atoms with E-state index in [1.807, 2.05) is 13.8 Å². The van der Waals surface area contributed by atoms with Crippen molar-refractivity contribution in [2.75, 3.05) is 10.6 Å². The van der Waals surface area contributed by atoms with Gasteiger partial charge in [-0.25, -0.2) is 4.79 Å². The fourth-order valence-corrected chi connectivity index (χ4v) is 1.75. The van der Waals surface area contributed by atoms with Gasteiger partial charge in [-0.3, -0.25) is 4.79 Å². The van der Waals surface area contributed by atoms with Crippen molar-refractivity contribution in [3.63, 3.8) is 0 Å². The minimum atomic E-state index is -1.01. The lowest BCUT2D eigenvalue weighted by Crippen LogP contribution is -2.30. The van der Waals surface area contributed by atoms with Crippen LogP contribution in [0.15, 0.2) is 18.2 Å². The van der Waals surface area contributed by atoms with Crippen LogP contribution in [0.5, 0.6) is 0 Å². The number of aromatic carboxylic acids is 1. The average molecular weight is 234 g/mol. The van der Waals surface area contributed by atoms with E-state index in [4.69, 9.17) is 5.11 Å². The minimum absolute atomic E-state index is 0.00641. The molecule has 5 heteroatoms. The first-order valence-electron chi connectivity index (χ1n) is 5.44. The largest absolute Gasteiger partial charge is 0.478 e. The maximum Gasteiger partial charge on any atom is 0.335 e. The van der Waals surface area contributed by atoms with Crippen LogP contribution in [0.1, 0.15) is 24.2 Å². The number of anilines is 2. The molecule has 1 aliphatic heterocycles. The monoisotopic (exact) mass is 234 g/mol. The van der Waals surface area contributed by atoms with Crippen molar-refractivity contribution < 1.29 is 14.7 Å². The summed E-state index contributed by atoms with van der Waals surface area (Å²) in [5.74, 6) is -1.28. The van der Waals surface area contributed by atoms with Crippen molar-refractivity contribution in [2.24, 2.45) is 5.92 Å². The maximum absolute atomic E-state index is 11.8. The van der Waals surface area contributed by atoms with Crippen molar-refractivity contribution in [3.8, 4) is 0 Å². The van der Waals surface area contributed by atoms with Crippen LogP contribution in [0, 0.1) is 5.92 Å². The lowest BCUT2D eigenvalue weighted by atomic mass is 10.0. The topological polar surface area (TPSA) is 78.4 Å². The normalized spacial score (nSPS) is 23.1. The zero-order valence-corrected chi connectivity index (χ0v) is 9.65. The third-order valence-corrected chi connectivity index (χ3v) is 3.07. The van der Waals surface area contributed by atoms with Gasteiger partial charge in [-0.15, -0.1) is 0 Å². The van der Waals surface area contributed by atoms with E-state index in [1.165, 1.54) is 12.1 Å². The Balaban J connectivity index is 2.43. The van der Waals surface area contributed by atoms with Gasteiger partial charge in [0.2, 0.25) is 5.91 Å². The second-order valence-electron chi connectivity index (χ2n) is 4.28. The van der Waals surface area contributed by atoms with Gasteiger partial charge in [0, 0.05) is 6.04 Å². The molecule has 5 nitrogen and oxygen atoms in total. The molecule has 2 atom stereocenters. The molecule has 1 heterocycles. The molecular weight excluding hydrogens is 220 g/mol. The van der Waals surface area contributed by atoms with Crippen LogP contribution >= 0.6 is 0 Å². The van der Waals surface area contributed by atoms with Crippen LogP contribution in [0.4, 0.5) is 11.4 Å². The van der Waals surface area contributed by atoms with E-state index >= 15 is 0 Å². The van der Waals surface area contributed by atoms with Crippen LogP contribution in [-0.2, 0) is 4.79 Å². The number of hydrogen-bond acceptors (Lipinski definition) is 3. The number of amides is 1. The Morgan fingerprint density at radius 1 is 1.29 bits per heavy atom. The molecule has 1 aromatic carbocycles. The third kappa shape index (κ3) is 2.08. The predicted molar refractivity (Wildman–Crippen MR) is 64.3 cm³/mol. The highest BCUT2D eigenvalue weighted by molar-refractivity contribution is 6.00. The van der Waals surface area contributed by atoms with Gasteiger partial charge in [-0.2, -0.15) is 0 Å². The van der Waals surface area contributed by atoms with Crippen LogP contribution in [-0.4, -0.2) is 23.0 Å². The van der Waals surface area contributed by atoms with Crippen molar-refractivity contribution in [1.29, 1.82) is 0 Å². The Hall–Kier alpha value is -2.04.